The van der Waals surface area contributed by atoms with Crippen molar-refractivity contribution in [2.45, 2.75) is 63.2 Å². The summed E-state index contributed by atoms with van der Waals surface area (Å²) in [5.41, 5.74) is 1.10. The average Bonchev–Trinajstić information content (AvgIpc) is 3.58. The predicted octanol–water partition coefficient (Wildman–Crippen LogP) is 2.73. The van der Waals surface area contributed by atoms with Crippen molar-refractivity contribution in [1.82, 2.24) is 20.4 Å². The van der Waals surface area contributed by atoms with Gasteiger partial charge < -0.3 is 15.4 Å². The second-order valence-corrected chi connectivity index (χ2v) is 10.2. The number of nitrogens with zero attached hydrogens (tertiary/aromatic N) is 3. The van der Waals surface area contributed by atoms with Gasteiger partial charge in [0.2, 0.25) is 5.91 Å². The third-order valence-corrected chi connectivity index (χ3v) is 8.04. The van der Waals surface area contributed by atoms with E-state index in [4.69, 9.17) is 4.74 Å². The fraction of sp³-hybridized carbons (Fsp3) is 0.609. The molecule has 2 aliphatic heterocycles. The number of hydrogen-bond acceptors (Lipinski definition) is 6. The molecule has 2 saturated heterocycles. The second kappa shape index (κ2) is 9.11. The number of amides is 1. The molecule has 5 rings (SSSR count). The molecule has 164 valence electrons. The molecule has 31 heavy (non-hydrogen) atoms. The maximum absolute atomic E-state index is 12.6. The topological polar surface area (TPSA) is 92.0 Å². The maximum Gasteiger partial charge on any atom is 0.238 e. The lowest BCUT2D eigenvalue weighted by molar-refractivity contribution is -0.124. The van der Waals surface area contributed by atoms with E-state index >= 15 is 0 Å². The Morgan fingerprint density at radius 2 is 2.23 bits per heavy atom. The molecule has 0 aromatic carbocycles. The molecule has 0 radical (unpaired) electrons. The van der Waals surface area contributed by atoms with Crippen LogP contribution < -0.4 is 10.6 Å². The maximum atomic E-state index is 12.6. The van der Waals surface area contributed by atoms with Crippen LogP contribution in [0.5, 0.6) is 0 Å². The molecule has 2 bridgehead atoms. The number of fused-ring (bicyclic) bond motifs is 2. The highest BCUT2D eigenvalue weighted by atomic mass is 32.1. The highest BCUT2D eigenvalue weighted by Gasteiger charge is 2.43. The summed E-state index contributed by atoms with van der Waals surface area (Å²) in [4.78, 5) is 14.9. The summed E-state index contributed by atoms with van der Waals surface area (Å²) in [7, 11) is 0. The number of carbonyl (C=O) groups is 1. The van der Waals surface area contributed by atoms with Gasteiger partial charge in [0, 0.05) is 53.7 Å². The predicted molar refractivity (Wildman–Crippen MR) is 118 cm³/mol. The molecular weight excluding hydrogens is 410 g/mol. The van der Waals surface area contributed by atoms with E-state index in [0.29, 0.717) is 24.3 Å². The van der Waals surface area contributed by atoms with Gasteiger partial charge in [-0.15, -0.1) is 11.3 Å². The molecule has 8 heteroatoms. The van der Waals surface area contributed by atoms with E-state index < -0.39 is 6.04 Å². The normalized spacial score (nSPS) is 26.6. The zero-order valence-corrected chi connectivity index (χ0v) is 18.4. The van der Waals surface area contributed by atoms with Crippen LogP contribution in [0.3, 0.4) is 0 Å². The first-order valence-electron chi connectivity index (χ1n) is 11.3. The van der Waals surface area contributed by atoms with Crippen molar-refractivity contribution in [3.8, 4) is 16.5 Å². The van der Waals surface area contributed by atoms with E-state index in [0.717, 1.165) is 60.8 Å². The Balaban J connectivity index is 1.17. The molecule has 1 saturated carbocycles. The van der Waals surface area contributed by atoms with E-state index in [1.54, 1.807) is 11.3 Å². The number of nitrogens with one attached hydrogen (secondary N) is 2. The molecule has 2 N–H and O–H groups in total. The first-order valence-corrected chi connectivity index (χ1v) is 12.1. The van der Waals surface area contributed by atoms with Gasteiger partial charge in [0.25, 0.3) is 0 Å². The summed E-state index contributed by atoms with van der Waals surface area (Å²) in [6.07, 6.45) is 10.1. The largest absolute Gasteiger partial charge is 0.381 e. The van der Waals surface area contributed by atoms with Gasteiger partial charge in [-0.1, -0.05) is 0 Å². The van der Waals surface area contributed by atoms with Crippen LogP contribution in [-0.2, 0) is 22.5 Å². The van der Waals surface area contributed by atoms with Gasteiger partial charge in [-0.25, -0.2) is 0 Å². The van der Waals surface area contributed by atoms with E-state index in [1.165, 1.54) is 6.42 Å². The Hall–Kier alpha value is -2.21. The van der Waals surface area contributed by atoms with Crippen LogP contribution >= 0.6 is 11.3 Å². The SMILES string of the molecule is N#C[C@H](Cc1ccc(-c2cnn(CC3CCOCC3)c2)s1)NC(=O)[C@H]1N[C@@H]2CC[C@H]1C2. The summed E-state index contributed by atoms with van der Waals surface area (Å²) in [5.74, 6) is 1.03. The number of aromatic nitrogens is 2. The number of ether oxygens (including phenoxy) is 1. The Labute approximate surface area is 186 Å². The Kier molecular flexibility index (Phi) is 6.08. The van der Waals surface area contributed by atoms with Gasteiger partial charge in [0.05, 0.1) is 18.3 Å². The van der Waals surface area contributed by atoms with Crippen LogP contribution in [-0.4, -0.2) is 47.0 Å². The first kappa shape index (κ1) is 20.7. The number of thiophene rings is 1. The third kappa shape index (κ3) is 4.69. The number of hydrogen-bond donors (Lipinski definition) is 2. The summed E-state index contributed by atoms with van der Waals surface area (Å²) >= 11 is 1.67. The molecule has 3 aliphatic rings. The van der Waals surface area contributed by atoms with Crippen molar-refractivity contribution in [3.63, 3.8) is 0 Å². The van der Waals surface area contributed by atoms with Crippen molar-refractivity contribution in [2.24, 2.45) is 11.8 Å². The minimum Gasteiger partial charge on any atom is -0.381 e. The highest BCUT2D eigenvalue weighted by Crippen LogP contribution is 2.35. The minimum atomic E-state index is -0.504. The minimum absolute atomic E-state index is 0.0232. The number of rotatable bonds is 7. The van der Waals surface area contributed by atoms with E-state index in [1.807, 2.05) is 10.9 Å². The summed E-state index contributed by atoms with van der Waals surface area (Å²) in [5, 5.41) is 20.5. The van der Waals surface area contributed by atoms with Crippen LogP contribution in [0.25, 0.3) is 10.4 Å². The van der Waals surface area contributed by atoms with Gasteiger partial charge in [-0.2, -0.15) is 10.4 Å². The molecular formula is C23H29N5O2S. The molecule has 1 aliphatic carbocycles. The summed E-state index contributed by atoms with van der Waals surface area (Å²) in [6.45, 7) is 2.63. The fourth-order valence-corrected chi connectivity index (χ4v) is 6.20. The number of nitriles is 1. The second-order valence-electron chi connectivity index (χ2n) is 9.08. The lowest BCUT2D eigenvalue weighted by Gasteiger charge is -2.23. The molecule has 7 nitrogen and oxygen atoms in total. The van der Waals surface area contributed by atoms with Gasteiger partial charge in [0.1, 0.15) is 6.04 Å². The average molecular weight is 440 g/mol. The van der Waals surface area contributed by atoms with Gasteiger partial charge >= 0.3 is 0 Å². The zero-order chi connectivity index (χ0) is 21.2. The molecule has 0 unspecified atom stereocenters. The summed E-state index contributed by atoms with van der Waals surface area (Å²) in [6, 6.07) is 6.26. The smallest absolute Gasteiger partial charge is 0.238 e. The lowest BCUT2D eigenvalue weighted by Crippen LogP contribution is -2.50. The van der Waals surface area contributed by atoms with Crippen LogP contribution in [0, 0.1) is 23.2 Å². The lowest BCUT2D eigenvalue weighted by atomic mass is 9.99. The van der Waals surface area contributed by atoms with Gasteiger partial charge in [-0.05, 0) is 56.1 Å². The zero-order valence-electron chi connectivity index (χ0n) is 17.6. The Morgan fingerprint density at radius 3 is 2.97 bits per heavy atom. The van der Waals surface area contributed by atoms with Crippen molar-refractivity contribution in [3.05, 3.63) is 29.4 Å². The molecule has 4 atom stereocenters. The third-order valence-electron chi connectivity index (χ3n) is 6.89. The van der Waals surface area contributed by atoms with Crippen LogP contribution in [0.1, 0.15) is 37.0 Å². The Morgan fingerprint density at radius 1 is 1.35 bits per heavy atom. The molecule has 1 amide bonds. The van der Waals surface area contributed by atoms with E-state index in [2.05, 4.69) is 40.1 Å². The van der Waals surface area contributed by atoms with Crippen molar-refractivity contribution in [1.29, 1.82) is 5.26 Å². The summed E-state index contributed by atoms with van der Waals surface area (Å²) < 4.78 is 7.47. The standard InChI is InChI=1S/C23H29N5O2S/c24-11-19(27-23(29)22-16-1-2-18(9-16)26-22)10-20-3-4-21(31-20)17-12-25-28(14-17)13-15-5-7-30-8-6-15/h3-4,12,14-16,18-19,22,26H,1-2,5-10,13H2,(H,27,29)/t16-,18+,19-,22-/m0/s1. The highest BCUT2D eigenvalue weighted by molar-refractivity contribution is 7.15. The van der Waals surface area contributed by atoms with Gasteiger partial charge in [0.15, 0.2) is 0 Å². The molecule has 0 spiro atoms. The van der Waals surface area contributed by atoms with Crippen molar-refractivity contribution < 1.29 is 9.53 Å². The van der Waals surface area contributed by atoms with Crippen LogP contribution in [0.2, 0.25) is 0 Å². The van der Waals surface area contributed by atoms with E-state index in [-0.39, 0.29) is 11.9 Å². The molecule has 2 aromatic heterocycles. The first-order chi connectivity index (χ1) is 15.2. The quantitative estimate of drug-likeness (QED) is 0.692. The van der Waals surface area contributed by atoms with Crippen LogP contribution in [0.4, 0.5) is 0 Å². The molecule has 4 heterocycles. The molecule has 2 aromatic rings. The van der Waals surface area contributed by atoms with Crippen LogP contribution in [0.15, 0.2) is 24.5 Å². The number of piperidine rings is 1. The Bertz CT molecular complexity index is 957. The number of carbonyl (C=O) groups excluding carboxylic acids is 1. The van der Waals surface area contributed by atoms with E-state index in [9.17, 15) is 10.1 Å². The monoisotopic (exact) mass is 439 g/mol. The van der Waals surface area contributed by atoms with Gasteiger partial charge in [-0.3, -0.25) is 9.48 Å². The van der Waals surface area contributed by atoms with Crippen molar-refractivity contribution in [2.75, 3.05) is 13.2 Å². The molecule has 3 fully saturated rings. The fourth-order valence-electron chi connectivity index (χ4n) is 5.17. The van der Waals surface area contributed by atoms with Crippen molar-refractivity contribution >= 4 is 17.2 Å².